The van der Waals surface area contributed by atoms with Gasteiger partial charge in [-0.2, -0.15) is 0 Å². The van der Waals surface area contributed by atoms with Crippen molar-refractivity contribution >= 4 is 11.8 Å². The summed E-state index contributed by atoms with van der Waals surface area (Å²) in [4.78, 5) is 22.6. The number of phenolic OH excluding ortho intramolecular Hbond substituents is 2. The Balaban J connectivity index is 3.19. The fraction of sp³-hybridized carbons (Fsp3) is 0.429. The Morgan fingerprint density at radius 3 is 2.33 bits per heavy atom. The summed E-state index contributed by atoms with van der Waals surface area (Å²) in [5.74, 6) is -2.00. The normalized spacial score (nSPS) is 13.5. The minimum absolute atomic E-state index is 0.0115. The number of aliphatic hydroxyl groups excluding tert-OH is 1. The Kier molecular flexibility index (Phi) is 5.69. The number of Topliss-reactive ketones (excluding diaryl/α,β-unsaturated/α-hetero) is 1. The van der Waals surface area contributed by atoms with E-state index >= 15 is 0 Å². The molecule has 0 saturated carbocycles. The van der Waals surface area contributed by atoms with Crippen LogP contribution in [-0.2, 0) is 14.3 Å². The van der Waals surface area contributed by atoms with Crippen LogP contribution >= 0.6 is 0 Å². The SMILES string of the molecule is COC(=O)[C@H](O)C[C@H](OC)c1c(O)ccc(C(C)=O)c1O. The van der Waals surface area contributed by atoms with Crippen LogP contribution in [0.5, 0.6) is 11.5 Å². The van der Waals surface area contributed by atoms with Gasteiger partial charge in [-0.3, -0.25) is 4.79 Å². The molecule has 0 spiro atoms. The van der Waals surface area contributed by atoms with E-state index in [4.69, 9.17) is 4.74 Å². The molecular formula is C14H18O7. The molecule has 1 rings (SSSR count). The molecule has 0 heterocycles. The second-order valence-electron chi connectivity index (χ2n) is 4.45. The van der Waals surface area contributed by atoms with Crippen LogP contribution in [0.3, 0.4) is 0 Å². The molecule has 0 radical (unpaired) electrons. The molecule has 0 amide bonds. The number of aliphatic hydroxyl groups is 1. The van der Waals surface area contributed by atoms with Gasteiger partial charge in [-0.15, -0.1) is 0 Å². The Morgan fingerprint density at radius 1 is 1.24 bits per heavy atom. The van der Waals surface area contributed by atoms with Crippen molar-refractivity contribution in [3.05, 3.63) is 23.3 Å². The van der Waals surface area contributed by atoms with Crippen LogP contribution in [0.2, 0.25) is 0 Å². The molecule has 7 heteroatoms. The number of benzene rings is 1. The highest BCUT2D eigenvalue weighted by atomic mass is 16.5. The van der Waals surface area contributed by atoms with Crippen molar-refractivity contribution in [3.63, 3.8) is 0 Å². The molecular weight excluding hydrogens is 280 g/mol. The number of hydrogen-bond donors (Lipinski definition) is 3. The van der Waals surface area contributed by atoms with E-state index in [1.807, 2.05) is 0 Å². The van der Waals surface area contributed by atoms with Crippen molar-refractivity contribution < 1.29 is 34.4 Å². The van der Waals surface area contributed by atoms with E-state index in [0.717, 1.165) is 7.11 Å². The monoisotopic (exact) mass is 298 g/mol. The fourth-order valence-corrected chi connectivity index (χ4v) is 1.97. The average Bonchev–Trinajstić information content (AvgIpc) is 2.44. The summed E-state index contributed by atoms with van der Waals surface area (Å²) >= 11 is 0. The third kappa shape index (κ3) is 3.71. The van der Waals surface area contributed by atoms with Crippen LogP contribution in [0, 0.1) is 0 Å². The first kappa shape index (κ1) is 16.9. The number of phenols is 2. The van der Waals surface area contributed by atoms with Crippen LogP contribution in [-0.4, -0.2) is 47.4 Å². The summed E-state index contributed by atoms with van der Waals surface area (Å²) in [5.41, 5.74) is -0.0504. The number of carbonyl (C=O) groups is 2. The number of hydrogen-bond acceptors (Lipinski definition) is 7. The first-order valence-electron chi connectivity index (χ1n) is 6.17. The molecule has 0 aliphatic rings. The van der Waals surface area contributed by atoms with Crippen LogP contribution in [0.1, 0.15) is 35.4 Å². The largest absolute Gasteiger partial charge is 0.507 e. The number of ether oxygens (including phenoxy) is 2. The van der Waals surface area contributed by atoms with Crippen molar-refractivity contribution in [2.75, 3.05) is 14.2 Å². The predicted octanol–water partition coefficient (Wildman–Crippen LogP) is 0.912. The molecule has 0 aromatic heterocycles. The van der Waals surface area contributed by atoms with Gasteiger partial charge < -0.3 is 24.8 Å². The summed E-state index contributed by atoms with van der Waals surface area (Å²) in [5, 5.41) is 29.6. The zero-order valence-electron chi connectivity index (χ0n) is 12.0. The zero-order chi connectivity index (χ0) is 16.2. The number of rotatable bonds is 6. The highest BCUT2D eigenvalue weighted by molar-refractivity contribution is 5.97. The molecule has 1 aromatic rings. The van der Waals surface area contributed by atoms with Gasteiger partial charge in [0.05, 0.1) is 24.3 Å². The zero-order valence-corrected chi connectivity index (χ0v) is 12.0. The van der Waals surface area contributed by atoms with E-state index in [0.29, 0.717) is 0 Å². The Hall–Kier alpha value is -2.12. The van der Waals surface area contributed by atoms with Crippen molar-refractivity contribution in [1.29, 1.82) is 0 Å². The van der Waals surface area contributed by atoms with Crippen LogP contribution in [0.25, 0.3) is 0 Å². The van der Waals surface area contributed by atoms with Crippen molar-refractivity contribution in [3.8, 4) is 11.5 Å². The minimum atomic E-state index is -1.49. The molecule has 1 aromatic carbocycles. The van der Waals surface area contributed by atoms with Gasteiger partial charge in [-0.1, -0.05) is 0 Å². The first-order valence-corrected chi connectivity index (χ1v) is 6.17. The predicted molar refractivity (Wildman–Crippen MR) is 72.2 cm³/mol. The second kappa shape index (κ2) is 7.05. The van der Waals surface area contributed by atoms with E-state index in [1.165, 1.54) is 26.2 Å². The third-order valence-electron chi connectivity index (χ3n) is 3.09. The van der Waals surface area contributed by atoms with Crippen LogP contribution in [0.15, 0.2) is 12.1 Å². The van der Waals surface area contributed by atoms with Gasteiger partial charge in [0.1, 0.15) is 11.5 Å². The molecule has 21 heavy (non-hydrogen) atoms. The van der Waals surface area contributed by atoms with Crippen LogP contribution in [0.4, 0.5) is 0 Å². The minimum Gasteiger partial charge on any atom is -0.507 e. The lowest BCUT2D eigenvalue weighted by Crippen LogP contribution is -2.25. The standard InChI is InChI=1S/C14H18O7/c1-7(15)8-4-5-9(16)12(13(8)18)11(20-2)6-10(17)14(19)21-3/h4-5,10-11,16-18H,6H2,1-3H3/t10-,11+/m1/s1. The highest BCUT2D eigenvalue weighted by Gasteiger charge is 2.28. The van der Waals surface area contributed by atoms with E-state index < -0.39 is 29.7 Å². The molecule has 116 valence electrons. The summed E-state index contributed by atoms with van der Waals surface area (Å²) in [7, 11) is 2.41. The summed E-state index contributed by atoms with van der Waals surface area (Å²) in [6.07, 6.45) is -2.72. The number of methoxy groups -OCH3 is 2. The smallest absolute Gasteiger partial charge is 0.334 e. The molecule has 0 fully saturated rings. The quantitative estimate of drug-likeness (QED) is 0.528. The van der Waals surface area contributed by atoms with E-state index in [1.54, 1.807) is 0 Å². The lowest BCUT2D eigenvalue weighted by Gasteiger charge is -2.21. The van der Waals surface area contributed by atoms with Crippen molar-refractivity contribution in [2.45, 2.75) is 25.6 Å². The number of esters is 1. The van der Waals surface area contributed by atoms with E-state index in [-0.39, 0.29) is 23.3 Å². The highest BCUT2D eigenvalue weighted by Crippen LogP contribution is 2.39. The van der Waals surface area contributed by atoms with E-state index in [2.05, 4.69) is 4.74 Å². The maximum absolute atomic E-state index is 11.4. The number of ketones is 1. The van der Waals surface area contributed by atoms with Gasteiger partial charge in [-0.05, 0) is 19.1 Å². The summed E-state index contributed by atoms with van der Waals surface area (Å²) in [6, 6.07) is 2.52. The topological polar surface area (TPSA) is 113 Å². The van der Waals surface area contributed by atoms with Gasteiger partial charge in [0.25, 0.3) is 0 Å². The Labute approximate surface area is 121 Å². The second-order valence-corrected chi connectivity index (χ2v) is 4.45. The van der Waals surface area contributed by atoms with Gasteiger partial charge >= 0.3 is 5.97 Å². The summed E-state index contributed by atoms with van der Waals surface area (Å²) < 4.78 is 9.49. The average molecular weight is 298 g/mol. The van der Waals surface area contributed by atoms with Gasteiger partial charge in [0.15, 0.2) is 11.9 Å². The van der Waals surface area contributed by atoms with Crippen LogP contribution < -0.4 is 0 Å². The Bertz CT molecular complexity index is 538. The molecule has 2 atom stereocenters. The maximum Gasteiger partial charge on any atom is 0.334 e. The number of aromatic hydroxyl groups is 2. The fourth-order valence-electron chi connectivity index (χ4n) is 1.97. The molecule has 7 nitrogen and oxygen atoms in total. The molecule has 3 N–H and O–H groups in total. The summed E-state index contributed by atoms with van der Waals surface area (Å²) in [6.45, 7) is 1.26. The molecule has 0 saturated heterocycles. The molecule has 0 aliphatic heterocycles. The van der Waals surface area contributed by atoms with Crippen molar-refractivity contribution in [1.82, 2.24) is 0 Å². The third-order valence-corrected chi connectivity index (χ3v) is 3.09. The molecule has 0 bridgehead atoms. The lowest BCUT2D eigenvalue weighted by molar-refractivity contribution is -0.152. The Morgan fingerprint density at radius 2 is 1.86 bits per heavy atom. The van der Waals surface area contributed by atoms with Crippen molar-refractivity contribution in [2.24, 2.45) is 0 Å². The first-order chi connectivity index (χ1) is 9.83. The molecule has 0 unspecified atom stereocenters. The van der Waals surface area contributed by atoms with Gasteiger partial charge in [0, 0.05) is 13.5 Å². The molecule has 0 aliphatic carbocycles. The van der Waals surface area contributed by atoms with Gasteiger partial charge in [0.2, 0.25) is 0 Å². The lowest BCUT2D eigenvalue weighted by atomic mass is 9.97. The number of carbonyl (C=O) groups excluding carboxylic acids is 2. The van der Waals surface area contributed by atoms with Gasteiger partial charge in [-0.25, -0.2) is 4.79 Å². The van der Waals surface area contributed by atoms with E-state index in [9.17, 15) is 24.9 Å². The maximum atomic E-state index is 11.4.